The van der Waals surface area contributed by atoms with Crippen LogP contribution in [-0.2, 0) is 6.42 Å². The molecule has 0 amide bonds. The Morgan fingerprint density at radius 2 is 2.09 bits per heavy atom. The first kappa shape index (κ1) is 16.7. The van der Waals surface area contributed by atoms with Crippen molar-refractivity contribution in [2.45, 2.75) is 20.3 Å². The van der Waals surface area contributed by atoms with E-state index in [0.717, 1.165) is 28.9 Å². The molecule has 0 saturated heterocycles. The van der Waals surface area contributed by atoms with Gasteiger partial charge in [-0.3, -0.25) is 0 Å². The lowest BCUT2D eigenvalue weighted by Gasteiger charge is -2.12. The number of nitriles is 1. The van der Waals surface area contributed by atoms with Gasteiger partial charge in [0.25, 0.3) is 0 Å². The Bertz CT molecular complexity index is 760. The molecule has 2 rings (SSSR count). The minimum atomic E-state index is -0.251. The zero-order chi connectivity index (χ0) is 16.8. The van der Waals surface area contributed by atoms with Crippen LogP contribution in [0.5, 0.6) is 0 Å². The number of hydrogen-bond acceptors (Lipinski definition) is 2. The first-order valence-corrected chi connectivity index (χ1v) is 7.56. The van der Waals surface area contributed by atoms with E-state index in [1.165, 1.54) is 12.1 Å². The zero-order valence-electron chi connectivity index (χ0n) is 13.7. The van der Waals surface area contributed by atoms with E-state index in [9.17, 15) is 9.65 Å². The van der Waals surface area contributed by atoms with Crippen LogP contribution in [0.2, 0.25) is 0 Å². The van der Waals surface area contributed by atoms with Crippen LogP contribution in [0, 0.1) is 24.1 Å². The highest BCUT2D eigenvalue weighted by molar-refractivity contribution is 5.65. The van der Waals surface area contributed by atoms with Crippen LogP contribution in [0.1, 0.15) is 29.2 Å². The smallest absolute Gasteiger partial charge is 0.123 e. The summed E-state index contributed by atoms with van der Waals surface area (Å²) in [5.41, 5.74) is 4.21. The molecule has 2 aromatic carbocycles. The molecule has 0 aliphatic heterocycles. The standard InChI is InChI=1S/C19H20FN3/c1-4-23(3)13-22-19-11-16(12-21)9-17(14(19)2)8-15-6-5-7-18(20)10-15/h5-7,9-11,13H,4,8H2,1-3H3. The van der Waals surface area contributed by atoms with E-state index in [1.807, 2.05) is 37.9 Å². The van der Waals surface area contributed by atoms with Crippen molar-refractivity contribution in [2.24, 2.45) is 4.99 Å². The van der Waals surface area contributed by atoms with E-state index < -0.39 is 0 Å². The molecule has 0 aromatic heterocycles. The second-order valence-electron chi connectivity index (χ2n) is 5.52. The van der Waals surface area contributed by atoms with Gasteiger partial charge in [-0.25, -0.2) is 9.38 Å². The first-order chi connectivity index (χ1) is 11.0. The van der Waals surface area contributed by atoms with Gasteiger partial charge in [0.05, 0.1) is 23.7 Å². The molecule has 0 radical (unpaired) electrons. The van der Waals surface area contributed by atoms with E-state index in [-0.39, 0.29) is 5.82 Å². The molecule has 0 atom stereocenters. The van der Waals surface area contributed by atoms with Crippen LogP contribution in [0.15, 0.2) is 41.4 Å². The highest BCUT2D eigenvalue weighted by Crippen LogP contribution is 2.26. The topological polar surface area (TPSA) is 39.4 Å². The first-order valence-electron chi connectivity index (χ1n) is 7.56. The molecule has 2 aromatic rings. The Morgan fingerprint density at radius 1 is 1.30 bits per heavy atom. The molecule has 4 heteroatoms. The minimum absolute atomic E-state index is 0.251. The van der Waals surface area contributed by atoms with Crippen LogP contribution in [0.4, 0.5) is 10.1 Å². The predicted octanol–water partition coefficient (Wildman–Crippen LogP) is 4.21. The van der Waals surface area contributed by atoms with Gasteiger partial charge in [-0.1, -0.05) is 12.1 Å². The minimum Gasteiger partial charge on any atom is -0.366 e. The van der Waals surface area contributed by atoms with Gasteiger partial charge in [0.1, 0.15) is 5.82 Å². The maximum Gasteiger partial charge on any atom is 0.123 e. The fourth-order valence-electron chi connectivity index (χ4n) is 2.25. The Kier molecular flexibility index (Phi) is 5.48. The Labute approximate surface area is 136 Å². The lowest BCUT2D eigenvalue weighted by Crippen LogP contribution is -2.14. The van der Waals surface area contributed by atoms with E-state index >= 15 is 0 Å². The number of aliphatic imine (C=N–C) groups is 1. The van der Waals surface area contributed by atoms with Crippen molar-refractivity contribution in [1.82, 2.24) is 4.90 Å². The molecule has 0 aliphatic rings. The lowest BCUT2D eigenvalue weighted by atomic mass is 9.97. The molecule has 23 heavy (non-hydrogen) atoms. The van der Waals surface area contributed by atoms with E-state index in [1.54, 1.807) is 18.5 Å². The number of nitrogens with zero attached hydrogens (tertiary/aromatic N) is 3. The van der Waals surface area contributed by atoms with Crippen molar-refractivity contribution in [3.8, 4) is 6.07 Å². The van der Waals surface area contributed by atoms with Crippen LogP contribution in [0.3, 0.4) is 0 Å². The quantitative estimate of drug-likeness (QED) is 0.613. The number of benzene rings is 2. The maximum atomic E-state index is 13.4. The molecule has 0 spiro atoms. The van der Waals surface area contributed by atoms with Gasteiger partial charge in [0, 0.05) is 13.6 Å². The SMILES string of the molecule is CCN(C)C=Nc1cc(C#N)cc(Cc2cccc(F)c2)c1C. The van der Waals surface area contributed by atoms with Gasteiger partial charge in [-0.15, -0.1) is 0 Å². The number of hydrogen-bond donors (Lipinski definition) is 0. The second kappa shape index (κ2) is 7.55. The van der Waals surface area contributed by atoms with Crippen molar-refractivity contribution >= 4 is 12.0 Å². The monoisotopic (exact) mass is 309 g/mol. The van der Waals surface area contributed by atoms with E-state index in [4.69, 9.17) is 0 Å². The van der Waals surface area contributed by atoms with Crippen molar-refractivity contribution in [1.29, 1.82) is 5.26 Å². The van der Waals surface area contributed by atoms with Crippen molar-refractivity contribution in [3.05, 3.63) is 64.5 Å². The van der Waals surface area contributed by atoms with Crippen LogP contribution in [0.25, 0.3) is 0 Å². The second-order valence-corrected chi connectivity index (χ2v) is 5.52. The Balaban J connectivity index is 2.39. The fraction of sp³-hybridized carbons (Fsp3) is 0.263. The molecular formula is C19H20FN3. The van der Waals surface area contributed by atoms with Crippen molar-refractivity contribution < 1.29 is 4.39 Å². The molecule has 0 heterocycles. The van der Waals surface area contributed by atoms with Gasteiger partial charge in [0.15, 0.2) is 0 Å². The summed E-state index contributed by atoms with van der Waals surface area (Å²) in [4.78, 5) is 6.44. The Hall–Kier alpha value is -2.67. The summed E-state index contributed by atoms with van der Waals surface area (Å²) < 4.78 is 13.4. The molecule has 0 aliphatic carbocycles. The third kappa shape index (κ3) is 4.40. The summed E-state index contributed by atoms with van der Waals surface area (Å²) in [6.45, 7) is 4.88. The molecule has 0 bridgehead atoms. The summed E-state index contributed by atoms with van der Waals surface area (Å²) >= 11 is 0. The van der Waals surface area contributed by atoms with Crippen molar-refractivity contribution in [3.63, 3.8) is 0 Å². The van der Waals surface area contributed by atoms with Gasteiger partial charge >= 0.3 is 0 Å². The molecule has 0 unspecified atom stereocenters. The van der Waals surface area contributed by atoms with Gasteiger partial charge in [0.2, 0.25) is 0 Å². The number of halogens is 1. The average Bonchev–Trinajstić information content (AvgIpc) is 2.55. The third-order valence-corrected chi connectivity index (χ3v) is 3.79. The maximum absolute atomic E-state index is 13.4. The summed E-state index contributed by atoms with van der Waals surface area (Å²) in [5.74, 6) is -0.251. The predicted molar refractivity (Wildman–Crippen MR) is 91.6 cm³/mol. The lowest BCUT2D eigenvalue weighted by molar-refractivity contribution is 0.552. The summed E-state index contributed by atoms with van der Waals surface area (Å²) in [5, 5.41) is 9.24. The molecule has 0 saturated carbocycles. The summed E-state index contributed by atoms with van der Waals surface area (Å²) in [6, 6.07) is 12.3. The van der Waals surface area contributed by atoms with Crippen LogP contribution in [-0.4, -0.2) is 24.8 Å². The van der Waals surface area contributed by atoms with Gasteiger partial charge in [-0.05, 0) is 61.2 Å². The van der Waals surface area contributed by atoms with Crippen molar-refractivity contribution in [2.75, 3.05) is 13.6 Å². The molecule has 118 valence electrons. The largest absolute Gasteiger partial charge is 0.366 e. The van der Waals surface area contributed by atoms with Crippen LogP contribution >= 0.6 is 0 Å². The number of rotatable bonds is 5. The van der Waals surface area contributed by atoms with E-state index in [2.05, 4.69) is 11.1 Å². The summed E-state index contributed by atoms with van der Waals surface area (Å²) in [6.07, 6.45) is 2.33. The van der Waals surface area contributed by atoms with Crippen LogP contribution < -0.4 is 0 Å². The normalized spacial score (nSPS) is 10.7. The zero-order valence-corrected chi connectivity index (χ0v) is 13.7. The fourth-order valence-corrected chi connectivity index (χ4v) is 2.25. The molecular weight excluding hydrogens is 289 g/mol. The van der Waals surface area contributed by atoms with Gasteiger partial charge < -0.3 is 4.90 Å². The van der Waals surface area contributed by atoms with Gasteiger partial charge in [-0.2, -0.15) is 5.26 Å². The average molecular weight is 309 g/mol. The third-order valence-electron chi connectivity index (χ3n) is 3.79. The van der Waals surface area contributed by atoms with E-state index in [0.29, 0.717) is 12.0 Å². The molecule has 0 N–H and O–H groups in total. The highest BCUT2D eigenvalue weighted by atomic mass is 19.1. The summed E-state index contributed by atoms with van der Waals surface area (Å²) in [7, 11) is 1.95. The Morgan fingerprint density at radius 3 is 2.74 bits per heavy atom. The molecule has 0 fully saturated rings. The highest BCUT2D eigenvalue weighted by Gasteiger charge is 2.08. The molecule has 3 nitrogen and oxygen atoms in total.